The van der Waals surface area contributed by atoms with E-state index >= 15 is 0 Å². The molecule has 1 aliphatic heterocycles. The largest absolute Gasteiger partial charge is 0.385 e. The molecule has 1 aliphatic rings. The van der Waals surface area contributed by atoms with Crippen LogP contribution in [0.25, 0.3) is 0 Å². The van der Waals surface area contributed by atoms with E-state index in [1.807, 2.05) is 18.2 Å². The molecule has 1 heterocycles. The normalized spacial score (nSPS) is 17.4. The maximum atomic E-state index is 5.95. The Morgan fingerprint density at radius 3 is 2.81 bits per heavy atom. The number of hydrogen-bond acceptors (Lipinski definition) is 2. The van der Waals surface area contributed by atoms with E-state index in [0.717, 1.165) is 40.7 Å². The van der Waals surface area contributed by atoms with Crippen molar-refractivity contribution in [1.82, 2.24) is 5.32 Å². The van der Waals surface area contributed by atoms with Gasteiger partial charge in [0.25, 0.3) is 0 Å². The van der Waals surface area contributed by atoms with E-state index in [0.29, 0.717) is 0 Å². The second-order valence-electron chi connectivity index (χ2n) is 4.20. The Bertz CT molecular complexity index is 351. The number of hydrogen-bond donors (Lipinski definition) is 2. The van der Waals surface area contributed by atoms with Gasteiger partial charge in [0.15, 0.2) is 0 Å². The van der Waals surface area contributed by atoms with Gasteiger partial charge in [0, 0.05) is 16.7 Å². The summed E-state index contributed by atoms with van der Waals surface area (Å²) in [7, 11) is 0. The first kappa shape index (κ1) is 12.2. The highest BCUT2D eigenvalue weighted by Crippen LogP contribution is 2.25. The molecule has 2 nitrogen and oxygen atoms in total. The Kier molecular flexibility index (Phi) is 4.50. The molecule has 0 amide bonds. The van der Waals surface area contributed by atoms with Gasteiger partial charge in [-0.25, -0.2) is 0 Å². The lowest BCUT2D eigenvalue weighted by atomic mass is 9.98. The summed E-state index contributed by atoms with van der Waals surface area (Å²) < 4.78 is 0.949. The molecule has 2 rings (SSSR count). The van der Waals surface area contributed by atoms with Gasteiger partial charge in [-0.05, 0) is 66.0 Å². The maximum absolute atomic E-state index is 5.95. The van der Waals surface area contributed by atoms with Gasteiger partial charge in [0.1, 0.15) is 0 Å². The highest BCUT2D eigenvalue weighted by molar-refractivity contribution is 9.10. The summed E-state index contributed by atoms with van der Waals surface area (Å²) in [5.74, 6) is 0.788. The number of rotatable bonds is 3. The summed E-state index contributed by atoms with van der Waals surface area (Å²) in [4.78, 5) is 0. The zero-order chi connectivity index (χ0) is 11.4. The number of anilines is 1. The van der Waals surface area contributed by atoms with Crippen LogP contribution in [-0.4, -0.2) is 19.6 Å². The molecule has 1 fully saturated rings. The lowest BCUT2D eigenvalue weighted by Gasteiger charge is -2.23. The summed E-state index contributed by atoms with van der Waals surface area (Å²) in [6.07, 6.45) is 2.53. The second kappa shape index (κ2) is 5.89. The van der Waals surface area contributed by atoms with Crippen LogP contribution in [-0.2, 0) is 0 Å². The lowest BCUT2D eigenvalue weighted by molar-refractivity contribution is 0.390. The average Bonchev–Trinajstić information content (AvgIpc) is 2.32. The smallest absolute Gasteiger partial charge is 0.0549 e. The van der Waals surface area contributed by atoms with Gasteiger partial charge >= 0.3 is 0 Å². The fourth-order valence-electron chi connectivity index (χ4n) is 1.95. The summed E-state index contributed by atoms with van der Waals surface area (Å²) in [5.41, 5.74) is 1.13. The van der Waals surface area contributed by atoms with Crippen LogP contribution in [0.4, 0.5) is 5.69 Å². The Hall–Kier alpha value is -0.250. The van der Waals surface area contributed by atoms with Crippen LogP contribution < -0.4 is 10.6 Å². The molecule has 0 saturated carbocycles. The standard InChI is InChI=1S/C12H16BrClN2/c13-11-7-10(1-2-12(11)14)16-8-9-3-5-15-6-4-9/h1-2,7,9,15-16H,3-6,8H2. The van der Waals surface area contributed by atoms with Crippen LogP contribution in [0.1, 0.15) is 12.8 Å². The van der Waals surface area contributed by atoms with Gasteiger partial charge < -0.3 is 10.6 Å². The number of piperidine rings is 1. The van der Waals surface area contributed by atoms with E-state index in [1.54, 1.807) is 0 Å². The van der Waals surface area contributed by atoms with E-state index in [-0.39, 0.29) is 0 Å². The third-order valence-corrected chi connectivity index (χ3v) is 4.19. The van der Waals surface area contributed by atoms with Crippen LogP contribution in [0.3, 0.4) is 0 Å². The fraction of sp³-hybridized carbons (Fsp3) is 0.500. The molecule has 1 aromatic rings. The molecular formula is C12H16BrClN2. The Balaban J connectivity index is 1.86. The van der Waals surface area contributed by atoms with Gasteiger partial charge in [-0.1, -0.05) is 11.6 Å². The van der Waals surface area contributed by atoms with E-state index in [9.17, 15) is 0 Å². The highest BCUT2D eigenvalue weighted by atomic mass is 79.9. The zero-order valence-corrected chi connectivity index (χ0v) is 11.4. The van der Waals surface area contributed by atoms with Gasteiger partial charge in [-0.3, -0.25) is 0 Å². The molecule has 0 aromatic heterocycles. The van der Waals surface area contributed by atoms with Crippen molar-refractivity contribution in [1.29, 1.82) is 0 Å². The molecule has 88 valence electrons. The number of benzene rings is 1. The summed E-state index contributed by atoms with van der Waals surface area (Å²) in [6.45, 7) is 3.35. The summed E-state index contributed by atoms with van der Waals surface area (Å²) in [5, 5.41) is 7.60. The third kappa shape index (κ3) is 3.37. The van der Waals surface area contributed by atoms with Gasteiger partial charge in [0.05, 0.1) is 5.02 Å². The van der Waals surface area contributed by atoms with Crippen LogP contribution in [0.15, 0.2) is 22.7 Å². The van der Waals surface area contributed by atoms with Crippen molar-refractivity contribution < 1.29 is 0 Å². The highest BCUT2D eigenvalue weighted by Gasteiger charge is 2.12. The van der Waals surface area contributed by atoms with E-state index in [1.165, 1.54) is 12.8 Å². The summed E-state index contributed by atoms with van der Waals surface area (Å²) >= 11 is 9.38. The predicted octanol–water partition coefficient (Wildman–Crippen LogP) is 3.51. The van der Waals surface area contributed by atoms with Crippen molar-refractivity contribution >= 4 is 33.2 Å². The van der Waals surface area contributed by atoms with Crippen molar-refractivity contribution in [2.24, 2.45) is 5.92 Å². The van der Waals surface area contributed by atoms with Gasteiger partial charge in [0.2, 0.25) is 0 Å². The third-order valence-electron chi connectivity index (χ3n) is 2.97. The van der Waals surface area contributed by atoms with Crippen LogP contribution in [0, 0.1) is 5.92 Å². The molecule has 0 aliphatic carbocycles. The van der Waals surface area contributed by atoms with Crippen LogP contribution >= 0.6 is 27.5 Å². The quantitative estimate of drug-likeness (QED) is 0.893. The molecular weight excluding hydrogens is 288 g/mol. The molecule has 0 unspecified atom stereocenters. The van der Waals surface area contributed by atoms with E-state index in [4.69, 9.17) is 11.6 Å². The van der Waals surface area contributed by atoms with Crippen molar-refractivity contribution in [2.45, 2.75) is 12.8 Å². The monoisotopic (exact) mass is 302 g/mol. The maximum Gasteiger partial charge on any atom is 0.0549 e. The lowest BCUT2D eigenvalue weighted by Crippen LogP contribution is -2.31. The van der Waals surface area contributed by atoms with E-state index in [2.05, 4.69) is 26.6 Å². The molecule has 4 heteroatoms. The number of halogens is 2. The van der Waals surface area contributed by atoms with Crippen molar-refractivity contribution in [3.63, 3.8) is 0 Å². The Morgan fingerprint density at radius 1 is 1.38 bits per heavy atom. The van der Waals surface area contributed by atoms with Crippen molar-refractivity contribution in [3.05, 3.63) is 27.7 Å². The molecule has 0 bridgehead atoms. The fourth-order valence-corrected chi connectivity index (χ4v) is 2.45. The molecule has 16 heavy (non-hydrogen) atoms. The summed E-state index contributed by atoms with van der Waals surface area (Å²) in [6, 6.07) is 5.97. The first-order valence-electron chi connectivity index (χ1n) is 5.65. The first-order valence-corrected chi connectivity index (χ1v) is 6.82. The minimum Gasteiger partial charge on any atom is -0.385 e. The van der Waals surface area contributed by atoms with Gasteiger partial charge in [-0.15, -0.1) is 0 Å². The minimum atomic E-state index is 0.757. The van der Waals surface area contributed by atoms with Crippen LogP contribution in [0.2, 0.25) is 5.02 Å². The predicted molar refractivity (Wildman–Crippen MR) is 73.2 cm³/mol. The van der Waals surface area contributed by atoms with Gasteiger partial charge in [-0.2, -0.15) is 0 Å². The second-order valence-corrected chi connectivity index (χ2v) is 5.46. The van der Waals surface area contributed by atoms with Crippen molar-refractivity contribution in [3.8, 4) is 0 Å². The zero-order valence-electron chi connectivity index (χ0n) is 9.10. The molecule has 0 spiro atoms. The first-order chi connectivity index (χ1) is 7.75. The average molecular weight is 304 g/mol. The molecule has 1 aromatic carbocycles. The van der Waals surface area contributed by atoms with Crippen LogP contribution in [0.5, 0.6) is 0 Å². The molecule has 0 atom stereocenters. The molecule has 0 radical (unpaired) electrons. The molecule has 1 saturated heterocycles. The van der Waals surface area contributed by atoms with Crippen molar-refractivity contribution in [2.75, 3.05) is 25.0 Å². The number of nitrogens with one attached hydrogen (secondary N) is 2. The SMILES string of the molecule is Clc1ccc(NCC2CCNCC2)cc1Br. The topological polar surface area (TPSA) is 24.1 Å². The molecule has 2 N–H and O–H groups in total. The van der Waals surface area contributed by atoms with E-state index < -0.39 is 0 Å². The Morgan fingerprint density at radius 2 is 2.12 bits per heavy atom. The Labute approximate surface area is 110 Å². The minimum absolute atomic E-state index is 0.757.